The second-order valence-corrected chi connectivity index (χ2v) is 6.12. The summed E-state index contributed by atoms with van der Waals surface area (Å²) in [6.07, 6.45) is 0. The number of ether oxygens (including phenoxy) is 1. The van der Waals surface area contributed by atoms with Crippen LogP contribution in [0.15, 0.2) is 29.1 Å². The Balaban J connectivity index is 2.33. The van der Waals surface area contributed by atoms with Crippen molar-refractivity contribution in [3.05, 3.63) is 45.7 Å². The van der Waals surface area contributed by atoms with Gasteiger partial charge in [-0.15, -0.1) is 0 Å². The summed E-state index contributed by atoms with van der Waals surface area (Å²) < 4.78 is 5.07. The molecule has 0 radical (unpaired) electrons. The highest BCUT2D eigenvalue weighted by molar-refractivity contribution is 5.80. The Labute approximate surface area is 136 Å². The maximum Gasteiger partial charge on any atom is 0.253 e. The number of rotatable bonds is 6. The van der Waals surface area contributed by atoms with Gasteiger partial charge < -0.3 is 14.6 Å². The predicted octanol–water partition coefficient (Wildman–Crippen LogP) is 2.47. The van der Waals surface area contributed by atoms with Crippen molar-refractivity contribution in [3.8, 4) is 0 Å². The summed E-state index contributed by atoms with van der Waals surface area (Å²) >= 11 is 0. The van der Waals surface area contributed by atoms with E-state index >= 15 is 0 Å². The predicted molar refractivity (Wildman–Crippen MR) is 91.4 cm³/mol. The van der Waals surface area contributed by atoms with E-state index in [1.54, 1.807) is 12.0 Å². The van der Waals surface area contributed by atoms with Crippen LogP contribution < -0.4 is 5.56 Å². The first-order chi connectivity index (χ1) is 10.9. The van der Waals surface area contributed by atoms with Gasteiger partial charge in [0.25, 0.3) is 5.56 Å². The number of methoxy groups -OCH3 is 1. The summed E-state index contributed by atoms with van der Waals surface area (Å²) in [6, 6.07) is 7.80. The van der Waals surface area contributed by atoms with Gasteiger partial charge in [0.15, 0.2) is 0 Å². The van der Waals surface area contributed by atoms with Gasteiger partial charge in [-0.1, -0.05) is 26.0 Å². The van der Waals surface area contributed by atoms with Gasteiger partial charge >= 0.3 is 0 Å². The van der Waals surface area contributed by atoms with Crippen LogP contribution in [0.3, 0.4) is 0 Å². The average Bonchev–Trinajstić information content (AvgIpc) is 2.51. The minimum atomic E-state index is -0.151. The number of nitrogens with one attached hydrogen (secondary N) is 1. The van der Waals surface area contributed by atoms with E-state index in [2.05, 4.69) is 4.98 Å². The van der Waals surface area contributed by atoms with Gasteiger partial charge in [-0.3, -0.25) is 9.59 Å². The van der Waals surface area contributed by atoms with Gasteiger partial charge in [-0.05, 0) is 30.0 Å². The van der Waals surface area contributed by atoms with E-state index in [-0.39, 0.29) is 17.4 Å². The molecule has 1 amide bonds. The molecule has 0 spiro atoms. The van der Waals surface area contributed by atoms with Crippen LogP contribution >= 0.6 is 0 Å². The van der Waals surface area contributed by atoms with E-state index in [4.69, 9.17) is 4.74 Å². The first-order valence-corrected chi connectivity index (χ1v) is 7.82. The van der Waals surface area contributed by atoms with Gasteiger partial charge in [0, 0.05) is 30.7 Å². The number of H-pyrrole nitrogens is 1. The minimum absolute atomic E-state index is 0.0189. The zero-order valence-corrected chi connectivity index (χ0v) is 14.2. The lowest BCUT2D eigenvalue weighted by Crippen LogP contribution is -2.37. The summed E-state index contributed by atoms with van der Waals surface area (Å²) in [6.45, 7) is 6.91. The third kappa shape index (κ3) is 4.20. The minimum Gasteiger partial charge on any atom is -0.383 e. The van der Waals surface area contributed by atoms with Crippen molar-refractivity contribution < 1.29 is 9.53 Å². The maximum atomic E-state index is 12.3. The molecule has 0 aliphatic heterocycles. The number of fused-ring (bicyclic) bond motifs is 1. The quantitative estimate of drug-likeness (QED) is 0.890. The van der Waals surface area contributed by atoms with Crippen LogP contribution in [0.4, 0.5) is 0 Å². The highest BCUT2D eigenvalue weighted by Gasteiger charge is 2.18. The molecule has 2 aromatic rings. The monoisotopic (exact) mass is 316 g/mol. The molecule has 23 heavy (non-hydrogen) atoms. The van der Waals surface area contributed by atoms with Crippen molar-refractivity contribution in [3.63, 3.8) is 0 Å². The number of pyridine rings is 1. The summed E-state index contributed by atoms with van der Waals surface area (Å²) in [5.41, 5.74) is 2.35. The Morgan fingerprint density at radius 3 is 2.70 bits per heavy atom. The number of aromatic amines is 1. The molecular formula is C18H24N2O3. The summed E-state index contributed by atoms with van der Waals surface area (Å²) in [5, 5.41) is 0.967. The first kappa shape index (κ1) is 17.2. The fraction of sp³-hybridized carbons (Fsp3) is 0.444. The Bertz CT molecular complexity index is 750. The van der Waals surface area contributed by atoms with E-state index in [0.29, 0.717) is 25.3 Å². The van der Waals surface area contributed by atoms with Gasteiger partial charge in [-0.2, -0.15) is 0 Å². The molecule has 1 aromatic heterocycles. The summed E-state index contributed by atoms with van der Waals surface area (Å²) in [5.74, 6) is -0.0977. The molecule has 124 valence electrons. The van der Waals surface area contributed by atoms with E-state index in [9.17, 15) is 9.59 Å². The molecular weight excluding hydrogens is 292 g/mol. The Morgan fingerprint density at radius 1 is 1.30 bits per heavy atom. The lowest BCUT2D eigenvalue weighted by molar-refractivity contribution is -0.135. The number of amides is 1. The van der Waals surface area contributed by atoms with Crippen molar-refractivity contribution in [1.29, 1.82) is 0 Å². The van der Waals surface area contributed by atoms with E-state index in [0.717, 1.165) is 16.5 Å². The highest BCUT2D eigenvalue weighted by atomic mass is 16.5. The van der Waals surface area contributed by atoms with E-state index in [1.165, 1.54) is 0 Å². The molecule has 5 heteroatoms. The lowest BCUT2D eigenvalue weighted by atomic mass is 10.1. The average molecular weight is 316 g/mol. The molecule has 0 fully saturated rings. The van der Waals surface area contributed by atoms with Gasteiger partial charge in [0.05, 0.1) is 13.2 Å². The molecule has 0 bridgehead atoms. The molecule has 0 saturated heterocycles. The van der Waals surface area contributed by atoms with Crippen molar-refractivity contribution in [2.24, 2.45) is 5.92 Å². The topological polar surface area (TPSA) is 62.4 Å². The molecule has 1 heterocycles. The fourth-order valence-electron chi connectivity index (χ4n) is 2.52. The number of hydrogen-bond donors (Lipinski definition) is 1. The molecule has 1 aromatic carbocycles. The number of carbonyl (C=O) groups is 1. The van der Waals surface area contributed by atoms with E-state index in [1.807, 2.05) is 45.0 Å². The fourth-order valence-corrected chi connectivity index (χ4v) is 2.52. The third-order valence-corrected chi connectivity index (χ3v) is 3.81. The summed E-state index contributed by atoms with van der Waals surface area (Å²) in [4.78, 5) is 29.2. The Kier molecular flexibility index (Phi) is 5.55. The van der Waals surface area contributed by atoms with Crippen LogP contribution in [0, 0.1) is 12.8 Å². The van der Waals surface area contributed by atoms with Crippen LogP contribution in [0.1, 0.15) is 25.0 Å². The standard InChI is InChI=1S/C18H24N2O3/c1-12(2)18(22)20(7-8-23-4)11-15-10-14-6-5-13(3)9-16(14)19-17(15)21/h5-6,9-10,12H,7-8,11H2,1-4H3,(H,19,21). The zero-order valence-electron chi connectivity index (χ0n) is 14.2. The lowest BCUT2D eigenvalue weighted by Gasteiger charge is -2.24. The number of carbonyl (C=O) groups excluding carboxylic acids is 1. The molecule has 1 N–H and O–H groups in total. The number of hydrogen-bond acceptors (Lipinski definition) is 3. The number of aryl methyl sites for hydroxylation is 1. The van der Waals surface area contributed by atoms with Gasteiger partial charge in [0.2, 0.25) is 5.91 Å². The van der Waals surface area contributed by atoms with Gasteiger partial charge in [0.1, 0.15) is 0 Å². The van der Waals surface area contributed by atoms with E-state index < -0.39 is 0 Å². The maximum absolute atomic E-state index is 12.3. The second kappa shape index (κ2) is 7.42. The smallest absolute Gasteiger partial charge is 0.253 e. The molecule has 0 unspecified atom stereocenters. The third-order valence-electron chi connectivity index (χ3n) is 3.81. The SMILES string of the molecule is COCCN(Cc1cc2ccc(C)cc2[nH]c1=O)C(=O)C(C)C. The number of nitrogens with zero attached hydrogens (tertiary/aromatic N) is 1. The second-order valence-electron chi connectivity index (χ2n) is 6.12. The Morgan fingerprint density at radius 2 is 2.04 bits per heavy atom. The zero-order chi connectivity index (χ0) is 17.0. The normalized spacial score (nSPS) is 11.2. The van der Waals surface area contributed by atoms with Crippen molar-refractivity contribution in [2.45, 2.75) is 27.3 Å². The van der Waals surface area contributed by atoms with Crippen LogP contribution in [0.2, 0.25) is 0 Å². The molecule has 5 nitrogen and oxygen atoms in total. The molecule has 2 rings (SSSR count). The molecule has 0 saturated carbocycles. The molecule has 0 aliphatic rings. The van der Waals surface area contributed by atoms with Crippen molar-refractivity contribution in [1.82, 2.24) is 9.88 Å². The largest absolute Gasteiger partial charge is 0.383 e. The number of benzene rings is 1. The van der Waals surface area contributed by atoms with Crippen LogP contribution in [-0.4, -0.2) is 36.1 Å². The van der Waals surface area contributed by atoms with Crippen LogP contribution in [0.5, 0.6) is 0 Å². The van der Waals surface area contributed by atoms with Crippen LogP contribution in [-0.2, 0) is 16.1 Å². The highest BCUT2D eigenvalue weighted by Crippen LogP contribution is 2.14. The molecule has 0 atom stereocenters. The van der Waals surface area contributed by atoms with Crippen LogP contribution in [0.25, 0.3) is 10.9 Å². The Hall–Kier alpha value is -2.14. The van der Waals surface area contributed by atoms with Crippen molar-refractivity contribution in [2.75, 3.05) is 20.3 Å². The molecule has 0 aliphatic carbocycles. The van der Waals surface area contributed by atoms with Crippen molar-refractivity contribution >= 4 is 16.8 Å². The van der Waals surface area contributed by atoms with Gasteiger partial charge in [-0.25, -0.2) is 0 Å². The summed E-state index contributed by atoms with van der Waals surface area (Å²) in [7, 11) is 1.60. The first-order valence-electron chi connectivity index (χ1n) is 7.82. The number of aromatic nitrogens is 1.